The number of carbonyl (C=O) groups is 5. The predicted octanol–water partition coefficient (Wildman–Crippen LogP) is 3.23. The van der Waals surface area contributed by atoms with Gasteiger partial charge >= 0.3 is 12.1 Å². The van der Waals surface area contributed by atoms with Crippen molar-refractivity contribution in [1.29, 1.82) is 0 Å². The second-order valence-electron chi connectivity index (χ2n) is 11.6. The van der Waals surface area contributed by atoms with Gasteiger partial charge in [-0.2, -0.15) is 0 Å². The van der Waals surface area contributed by atoms with Crippen molar-refractivity contribution in [2.24, 2.45) is 0 Å². The number of rotatable bonds is 14. The molecular weight excluding hydrogens is 528 g/mol. The number of unbranched alkanes of at least 4 members (excludes halogenated alkanes) is 2. The van der Waals surface area contributed by atoms with Crippen LogP contribution in [0, 0.1) is 0 Å². The quantitative estimate of drug-likeness (QED) is 0.184. The molecule has 0 spiro atoms. The molecule has 11 nitrogen and oxygen atoms in total. The lowest BCUT2D eigenvalue weighted by Gasteiger charge is -2.33. The summed E-state index contributed by atoms with van der Waals surface area (Å²) in [6, 6.07) is -3.14. The summed E-state index contributed by atoms with van der Waals surface area (Å²) < 4.78 is 10.2. The summed E-state index contributed by atoms with van der Waals surface area (Å²) in [5.41, 5.74) is -0.727. The minimum atomic E-state index is -0.854. The highest BCUT2D eigenvalue weighted by Crippen LogP contribution is 2.26. The number of esters is 1. The highest BCUT2D eigenvalue weighted by molar-refractivity contribution is 5.95. The Balaban J connectivity index is 2.15. The highest BCUT2D eigenvalue weighted by Gasteiger charge is 2.44. The molecule has 0 radical (unpaired) electrons. The van der Waals surface area contributed by atoms with E-state index in [4.69, 9.17) is 9.47 Å². The Kier molecular flexibility index (Phi) is 13.3. The molecule has 0 aromatic heterocycles. The lowest BCUT2D eigenvalue weighted by Crippen LogP contribution is -2.57. The van der Waals surface area contributed by atoms with Crippen LogP contribution in [0.15, 0.2) is 25.3 Å². The van der Waals surface area contributed by atoms with Crippen molar-refractivity contribution in [2.75, 3.05) is 20.2 Å². The summed E-state index contributed by atoms with van der Waals surface area (Å²) in [6.07, 6.45) is 8.41. The summed E-state index contributed by atoms with van der Waals surface area (Å²) in [6.45, 7) is 13.4. The van der Waals surface area contributed by atoms with Crippen molar-refractivity contribution >= 4 is 29.8 Å². The minimum Gasteiger partial charge on any atom is -0.467 e. The monoisotopic (exact) mass is 576 g/mol. The molecule has 2 aliphatic heterocycles. The first kappa shape index (κ1) is 33.8. The van der Waals surface area contributed by atoms with E-state index in [1.807, 2.05) is 0 Å². The summed E-state index contributed by atoms with van der Waals surface area (Å²) in [4.78, 5) is 68.6. The van der Waals surface area contributed by atoms with Crippen molar-refractivity contribution in [1.82, 2.24) is 20.4 Å². The van der Waals surface area contributed by atoms with Gasteiger partial charge in [-0.15, -0.1) is 13.2 Å². The largest absolute Gasteiger partial charge is 0.467 e. The van der Waals surface area contributed by atoms with E-state index in [1.165, 1.54) is 16.9 Å². The molecule has 230 valence electrons. The van der Waals surface area contributed by atoms with Gasteiger partial charge in [-0.3, -0.25) is 14.4 Å². The fraction of sp³-hybridized carbons (Fsp3) is 0.700. The van der Waals surface area contributed by atoms with E-state index < -0.39 is 47.7 Å². The zero-order valence-electron chi connectivity index (χ0n) is 25.1. The minimum absolute atomic E-state index is 0.295. The van der Waals surface area contributed by atoms with Crippen LogP contribution in [0.25, 0.3) is 0 Å². The number of nitrogens with one attached hydrogen (secondary N) is 2. The molecule has 2 rings (SSSR count). The van der Waals surface area contributed by atoms with Crippen LogP contribution in [0.1, 0.15) is 85.0 Å². The average molecular weight is 577 g/mol. The third-order valence-corrected chi connectivity index (χ3v) is 7.25. The molecule has 0 aromatic rings. The zero-order chi connectivity index (χ0) is 30.6. The predicted molar refractivity (Wildman–Crippen MR) is 155 cm³/mol. The molecule has 0 bridgehead atoms. The number of ether oxygens (including phenoxy) is 2. The Hall–Kier alpha value is -3.37. The SMILES string of the molecule is C=CCCC[C@H](NC(=O)[C@@H]1CCCN1C(=O)[C@@H]1CCCN1C(=O)[C@H](CCCC=C)NC(=O)OC(C)(C)C)C(=O)OC. The van der Waals surface area contributed by atoms with Gasteiger partial charge in [0.25, 0.3) is 0 Å². The summed E-state index contributed by atoms with van der Waals surface area (Å²) in [7, 11) is 1.27. The van der Waals surface area contributed by atoms with Crippen LogP contribution in [0.4, 0.5) is 4.79 Å². The Morgan fingerprint density at radius 1 is 0.878 bits per heavy atom. The maximum atomic E-state index is 13.8. The first-order valence-electron chi connectivity index (χ1n) is 14.6. The Morgan fingerprint density at radius 3 is 2.00 bits per heavy atom. The Labute approximate surface area is 244 Å². The van der Waals surface area contributed by atoms with E-state index in [9.17, 15) is 24.0 Å². The van der Waals surface area contributed by atoms with Gasteiger partial charge in [0.05, 0.1) is 7.11 Å². The molecule has 0 saturated carbocycles. The van der Waals surface area contributed by atoms with E-state index >= 15 is 0 Å². The zero-order valence-corrected chi connectivity index (χ0v) is 25.1. The number of hydrogen-bond acceptors (Lipinski definition) is 7. The number of alkyl carbamates (subject to hydrolysis) is 1. The van der Waals surface area contributed by atoms with Crippen molar-refractivity contribution in [2.45, 2.75) is 115 Å². The van der Waals surface area contributed by atoms with Crippen LogP contribution in [0.2, 0.25) is 0 Å². The lowest BCUT2D eigenvalue weighted by molar-refractivity contribution is -0.149. The highest BCUT2D eigenvalue weighted by atomic mass is 16.6. The van der Waals surface area contributed by atoms with Crippen LogP contribution >= 0.6 is 0 Å². The molecule has 4 atom stereocenters. The molecule has 41 heavy (non-hydrogen) atoms. The molecule has 2 heterocycles. The number of nitrogens with zero attached hydrogens (tertiary/aromatic N) is 2. The van der Waals surface area contributed by atoms with Crippen LogP contribution in [-0.4, -0.2) is 89.6 Å². The molecule has 2 aliphatic rings. The summed E-state index contributed by atoms with van der Waals surface area (Å²) >= 11 is 0. The number of likely N-dealkylation sites (tertiary alicyclic amines) is 2. The van der Waals surface area contributed by atoms with Crippen LogP contribution in [0.3, 0.4) is 0 Å². The second-order valence-corrected chi connectivity index (χ2v) is 11.6. The standard InChI is InChI=1S/C30H48N4O7/c1-7-9-11-15-21(32-29(39)41-30(3,4)5)26(36)34-20-14-18-24(34)27(37)33-19-13-17-23(33)25(35)31-22(28(38)40-6)16-12-10-8-2/h7-8,21-24H,1-2,9-20H2,3-6H3,(H,31,35)(H,32,39)/t21-,22-,23-,24-/m0/s1. The van der Waals surface area contributed by atoms with E-state index in [-0.39, 0.29) is 11.8 Å². The average Bonchev–Trinajstić information content (AvgIpc) is 3.60. The Bertz CT molecular complexity index is 961. The number of amides is 4. The van der Waals surface area contributed by atoms with Crippen molar-refractivity contribution < 1.29 is 33.4 Å². The third kappa shape index (κ3) is 10.2. The van der Waals surface area contributed by atoms with E-state index in [0.29, 0.717) is 77.3 Å². The van der Waals surface area contributed by atoms with E-state index in [0.717, 1.165) is 0 Å². The normalized spacial score (nSPS) is 20.1. The second kappa shape index (κ2) is 16.2. The molecule has 0 unspecified atom stereocenters. The number of carbonyl (C=O) groups excluding carboxylic acids is 5. The molecule has 11 heteroatoms. The maximum Gasteiger partial charge on any atom is 0.408 e. The molecular formula is C30H48N4O7. The Morgan fingerprint density at radius 2 is 1.44 bits per heavy atom. The third-order valence-electron chi connectivity index (χ3n) is 7.25. The summed E-state index contributed by atoms with van der Waals surface area (Å²) in [5, 5.41) is 5.47. The molecule has 0 aromatic carbocycles. The van der Waals surface area contributed by atoms with E-state index in [1.54, 1.807) is 32.9 Å². The maximum absolute atomic E-state index is 13.8. The summed E-state index contributed by atoms with van der Waals surface area (Å²) in [5.74, 6) is -1.58. The first-order valence-corrected chi connectivity index (χ1v) is 14.6. The molecule has 2 saturated heterocycles. The molecule has 2 N–H and O–H groups in total. The topological polar surface area (TPSA) is 134 Å². The lowest BCUT2D eigenvalue weighted by atomic mass is 10.1. The number of allylic oxidation sites excluding steroid dienone is 2. The van der Waals surface area contributed by atoms with Gasteiger partial charge in [0.15, 0.2) is 0 Å². The fourth-order valence-corrected chi connectivity index (χ4v) is 5.28. The van der Waals surface area contributed by atoms with Gasteiger partial charge < -0.3 is 29.9 Å². The molecule has 2 fully saturated rings. The molecule has 0 aliphatic carbocycles. The smallest absolute Gasteiger partial charge is 0.408 e. The van der Waals surface area contributed by atoms with Gasteiger partial charge in [-0.05, 0) is 85.0 Å². The van der Waals surface area contributed by atoms with Crippen LogP contribution in [0.5, 0.6) is 0 Å². The van der Waals surface area contributed by atoms with E-state index in [2.05, 4.69) is 23.8 Å². The van der Waals surface area contributed by atoms with Gasteiger partial charge in [0.2, 0.25) is 17.7 Å². The van der Waals surface area contributed by atoms with Crippen molar-refractivity contribution in [3.8, 4) is 0 Å². The van der Waals surface area contributed by atoms with Gasteiger partial charge in [0.1, 0.15) is 29.8 Å². The van der Waals surface area contributed by atoms with Crippen molar-refractivity contribution in [3.63, 3.8) is 0 Å². The van der Waals surface area contributed by atoms with Crippen molar-refractivity contribution in [3.05, 3.63) is 25.3 Å². The fourth-order valence-electron chi connectivity index (χ4n) is 5.28. The number of hydrogen-bond donors (Lipinski definition) is 2. The van der Waals surface area contributed by atoms with Gasteiger partial charge in [-0.1, -0.05) is 12.2 Å². The van der Waals surface area contributed by atoms with Crippen LogP contribution < -0.4 is 10.6 Å². The van der Waals surface area contributed by atoms with Gasteiger partial charge in [0, 0.05) is 13.1 Å². The number of methoxy groups -OCH3 is 1. The first-order chi connectivity index (χ1) is 19.4. The molecule has 4 amide bonds. The van der Waals surface area contributed by atoms with Gasteiger partial charge in [-0.25, -0.2) is 9.59 Å². The van der Waals surface area contributed by atoms with Crippen LogP contribution in [-0.2, 0) is 28.7 Å².